The lowest BCUT2D eigenvalue weighted by Crippen LogP contribution is -2.44. The van der Waals surface area contributed by atoms with Gasteiger partial charge in [-0.2, -0.15) is 9.19 Å². The lowest BCUT2D eigenvalue weighted by molar-refractivity contribution is -0.145. The minimum Gasteiger partial charge on any atom is -0.383 e. The van der Waals surface area contributed by atoms with E-state index in [4.69, 9.17) is 17.3 Å². The van der Waals surface area contributed by atoms with Crippen molar-refractivity contribution in [1.82, 2.24) is 19.1 Å². The predicted molar refractivity (Wildman–Crippen MR) is 126 cm³/mol. The lowest BCUT2D eigenvalue weighted by atomic mass is 9.95. The molecule has 3 heterocycles. The third-order valence-electron chi connectivity index (χ3n) is 5.20. The monoisotopic (exact) mass is 496 g/mol. The second-order valence-electron chi connectivity index (χ2n) is 7.04. The van der Waals surface area contributed by atoms with Gasteiger partial charge in [-0.3, -0.25) is 9.59 Å². The summed E-state index contributed by atoms with van der Waals surface area (Å²) < 4.78 is 27.7. The highest BCUT2D eigenvalue weighted by Gasteiger charge is 2.32. The SMILES string of the molecule is CC.Nc1ncc(NC(=O)C(=O)N2CCCCC2c2ccc(F)c(Cl)c2)c2c1cnn2SF. The third kappa shape index (κ3) is 5.03. The number of nitrogens with zero attached hydrogens (tertiary/aromatic N) is 4. The van der Waals surface area contributed by atoms with Crippen LogP contribution in [0.4, 0.5) is 19.8 Å². The summed E-state index contributed by atoms with van der Waals surface area (Å²) in [6.07, 6.45) is 4.75. The van der Waals surface area contributed by atoms with Gasteiger partial charge >= 0.3 is 11.8 Å². The lowest BCUT2D eigenvalue weighted by Gasteiger charge is -2.35. The summed E-state index contributed by atoms with van der Waals surface area (Å²) in [7, 11) is 0. The molecule has 176 valence electrons. The second kappa shape index (κ2) is 10.8. The van der Waals surface area contributed by atoms with E-state index in [1.165, 1.54) is 29.4 Å². The number of aromatic nitrogens is 3. The number of carbonyl (C=O) groups excluding carboxylic acids is 2. The van der Waals surface area contributed by atoms with Crippen molar-refractivity contribution in [3.8, 4) is 0 Å². The molecular formula is C21H23ClF2N6O2S. The first kappa shape index (κ1) is 24.7. The molecular weight excluding hydrogens is 474 g/mol. The fourth-order valence-corrected chi connectivity index (χ4v) is 4.26. The minimum absolute atomic E-state index is 0.0488. The van der Waals surface area contributed by atoms with E-state index in [0.29, 0.717) is 23.9 Å². The quantitative estimate of drug-likeness (QED) is 0.499. The molecule has 0 bridgehead atoms. The molecule has 1 aromatic carbocycles. The number of carbonyl (C=O) groups is 2. The topological polar surface area (TPSA) is 106 Å². The van der Waals surface area contributed by atoms with Gasteiger partial charge in [0.05, 0.1) is 34.5 Å². The van der Waals surface area contributed by atoms with Crippen LogP contribution < -0.4 is 11.1 Å². The van der Waals surface area contributed by atoms with Crippen LogP contribution in [0.1, 0.15) is 44.7 Å². The molecule has 1 fully saturated rings. The fourth-order valence-electron chi connectivity index (χ4n) is 3.72. The van der Waals surface area contributed by atoms with Crippen LogP contribution in [0.2, 0.25) is 5.02 Å². The van der Waals surface area contributed by atoms with E-state index in [1.54, 1.807) is 6.07 Å². The number of anilines is 2. The molecule has 2 amide bonds. The molecule has 8 nitrogen and oxygen atoms in total. The summed E-state index contributed by atoms with van der Waals surface area (Å²) in [6.45, 7) is 4.36. The van der Waals surface area contributed by atoms with Crippen molar-refractivity contribution in [2.45, 2.75) is 39.2 Å². The van der Waals surface area contributed by atoms with Crippen LogP contribution in [0.5, 0.6) is 0 Å². The number of hydrogen-bond donors (Lipinski definition) is 2. The van der Waals surface area contributed by atoms with Gasteiger partial charge in [0.1, 0.15) is 17.2 Å². The van der Waals surface area contributed by atoms with Crippen molar-refractivity contribution >= 4 is 58.2 Å². The van der Waals surface area contributed by atoms with Gasteiger partial charge in [-0.1, -0.05) is 31.5 Å². The molecule has 0 aliphatic carbocycles. The van der Waals surface area contributed by atoms with Crippen molar-refractivity contribution in [1.29, 1.82) is 0 Å². The van der Waals surface area contributed by atoms with E-state index in [9.17, 15) is 17.9 Å². The number of pyridine rings is 1. The highest BCUT2D eigenvalue weighted by atomic mass is 35.5. The number of benzene rings is 1. The number of nitrogen functional groups attached to an aromatic ring is 1. The van der Waals surface area contributed by atoms with E-state index >= 15 is 0 Å². The van der Waals surface area contributed by atoms with Crippen LogP contribution in [0.3, 0.4) is 0 Å². The van der Waals surface area contributed by atoms with Crippen molar-refractivity contribution in [2.24, 2.45) is 0 Å². The normalized spacial score (nSPS) is 15.7. The smallest absolute Gasteiger partial charge is 0.314 e. The predicted octanol–water partition coefficient (Wildman–Crippen LogP) is 4.91. The summed E-state index contributed by atoms with van der Waals surface area (Å²) in [5.41, 5.74) is 6.73. The Morgan fingerprint density at radius 1 is 1.27 bits per heavy atom. The number of nitrogens with two attached hydrogens (primary N) is 1. The van der Waals surface area contributed by atoms with Crippen molar-refractivity contribution in [3.63, 3.8) is 0 Å². The fraction of sp³-hybridized carbons (Fsp3) is 0.333. The molecule has 0 radical (unpaired) electrons. The molecule has 1 saturated heterocycles. The van der Waals surface area contributed by atoms with E-state index in [1.807, 2.05) is 13.8 Å². The Morgan fingerprint density at radius 2 is 2.03 bits per heavy atom. The second-order valence-corrected chi connectivity index (χ2v) is 7.93. The summed E-state index contributed by atoms with van der Waals surface area (Å²) in [5.74, 6) is -2.12. The third-order valence-corrected chi connectivity index (χ3v) is 5.90. The van der Waals surface area contributed by atoms with Crippen molar-refractivity contribution < 1.29 is 17.9 Å². The number of halogens is 3. The summed E-state index contributed by atoms with van der Waals surface area (Å²) in [5, 5.41) is 6.62. The maximum absolute atomic E-state index is 13.6. The molecule has 1 atom stereocenters. The molecule has 1 aliphatic rings. The Balaban J connectivity index is 0.00000149. The largest absolute Gasteiger partial charge is 0.383 e. The maximum Gasteiger partial charge on any atom is 0.314 e. The van der Waals surface area contributed by atoms with E-state index in [-0.39, 0.29) is 34.4 Å². The highest BCUT2D eigenvalue weighted by Crippen LogP contribution is 2.34. The van der Waals surface area contributed by atoms with Crippen LogP contribution in [0, 0.1) is 5.82 Å². The van der Waals surface area contributed by atoms with Gasteiger partial charge in [0.15, 0.2) is 12.3 Å². The summed E-state index contributed by atoms with van der Waals surface area (Å²) >= 11 is 5.72. The van der Waals surface area contributed by atoms with Crippen LogP contribution in [-0.4, -0.2) is 37.4 Å². The zero-order chi connectivity index (χ0) is 24.1. The molecule has 0 spiro atoms. The zero-order valence-corrected chi connectivity index (χ0v) is 19.6. The summed E-state index contributed by atoms with van der Waals surface area (Å²) in [4.78, 5) is 31.2. The van der Waals surface area contributed by atoms with Crippen LogP contribution in [-0.2, 0) is 9.59 Å². The van der Waals surface area contributed by atoms with E-state index < -0.39 is 23.7 Å². The first-order valence-electron chi connectivity index (χ1n) is 10.4. The standard InChI is InChI=1S/C19H17ClF2N6O2S.C2H6/c20-12-7-10(4-5-13(12)21)15-3-1-2-6-27(15)19(30)18(29)26-14-9-24-17(23)11-8-25-28(31-22)16(11)14;1-2/h4-5,7-9,15H,1-3,6H2,(H2,23,24)(H,26,29);1-2H3. The maximum atomic E-state index is 13.6. The molecule has 3 aromatic rings. The van der Waals surface area contributed by atoms with Crippen LogP contribution in [0.25, 0.3) is 10.9 Å². The zero-order valence-electron chi connectivity index (χ0n) is 18.0. The molecule has 12 heteroatoms. The number of rotatable bonds is 3. The highest BCUT2D eigenvalue weighted by molar-refractivity contribution is 7.92. The molecule has 33 heavy (non-hydrogen) atoms. The van der Waals surface area contributed by atoms with Crippen molar-refractivity contribution in [3.05, 3.63) is 47.0 Å². The van der Waals surface area contributed by atoms with E-state index in [2.05, 4.69) is 15.4 Å². The van der Waals surface area contributed by atoms with E-state index in [0.717, 1.165) is 16.9 Å². The molecule has 4 rings (SSSR count). The number of piperidine rings is 1. The van der Waals surface area contributed by atoms with Gasteiger partial charge in [0.25, 0.3) is 0 Å². The number of hydrogen-bond acceptors (Lipinski definition) is 6. The van der Waals surface area contributed by atoms with Gasteiger partial charge in [-0.05, 0) is 37.0 Å². The number of amides is 2. The number of fused-ring (bicyclic) bond motifs is 1. The molecule has 1 unspecified atom stereocenters. The first-order valence-corrected chi connectivity index (χ1v) is 11.4. The van der Waals surface area contributed by atoms with Crippen LogP contribution in [0.15, 0.2) is 30.6 Å². The number of nitrogens with one attached hydrogen (secondary N) is 1. The average molecular weight is 497 g/mol. The molecule has 3 N–H and O–H groups in total. The Labute approximate surface area is 198 Å². The average Bonchev–Trinajstić information content (AvgIpc) is 3.29. The number of likely N-dealkylation sites (tertiary alicyclic amines) is 1. The van der Waals surface area contributed by atoms with Gasteiger partial charge < -0.3 is 16.0 Å². The van der Waals surface area contributed by atoms with Gasteiger partial charge in [-0.25, -0.2) is 9.37 Å². The Kier molecular flexibility index (Phi) is 8.09. The van der Waals surface area contributed by atoms with Gasteiger partial charge in [0, 0.05) is 6.54 Å². The molecule has 1 aliphatic heterocycles. The molecule has 2 aromatic heterocycles. The molecule has 0 saturated carbocycles. The summed E-state index contributed by atoms with van der Waals surface area (Å²) in [6, 6.07) is 3.85. The van der Waals surface area contributed by atoms with Gasteiger partial charge in [-0.15, -0.1) is 3.89 Å². The van der Waals surface area contributed by atoms with Crippen LogP contribution >= 0.6 is 23.9 Å². The minimum atomic E-state index is -0.912. The Morgan fingerprint density at radius 3 is 2.73 bits per heavy atom. The Bertz CT molecular complexity index is 1180. The van der Waals surface area contributed by atoms with Gasteiger partial charge in [0.2, 0.25) is 0 Å². The van der Waals surface area contributed by atoms with Crippen molar-refractivity contribution in [2.75, 3.05) is 17.6 Å². The Hall–Kier alpha value is -2.92. The first-order chi connectivity index (χ1) is 15.9.